The van der Waals surface area contributed by atoms with Crippen molar-refractivity contribution in [3.63, 3.8) is 0 Å². The number of benzene rings is 1. The minimum absolute atomic E-state index is 0.0253. The average Bonchev–Trinajstić information content (AvgIpc) is 2.70. The lowest BCUT2D eigenvalue weighted by atomic mass is 9.74. The van der Waals surface area contributed by atoms with E-state index in [1.165, 1.54) is 12.8 Å². The van der Waals surface area contributed by atoms with E-state index < -0.39 is 19.5 Å². The highest BCUT2D eigenvalue weighted by Crippen LogP contribution is 2.56. The van der Waals surface area contributed by atoms with Gasteiger partial charge in [-0.2, -0.15) is 0 Å². The molecule has 0 spiro atoms. The topological polar surface area (TPSA) is 38.7 Å². The molecule has 2 fully saturated rings. The van der Waals surface area contributed by atoms with Crippen LogP contribution in [0.25, 0.3) is 0 Å². The molecule has 2 aliphatic rings. The zero-order valence-electron chi connectivity index (χ0n) is 21.7. The van der Waals surface area contributed by atoms with Gasteiger partial charge in [0.15, 0.2) is 5.44 Å². The number of rotatable bonds is 7. The Kier molecular flexibility index (Phi) is 7.99. The first-order chi connectivity index (χ1) is 14.8. The second kappa shape index (κ2) is 9.73. The van der Waals surface area contributed by atoms with Crippen LogP contribution in [0.2, 0.25) is 16.6 Å². The zero-order chi connectivity index (χ0) is 23.9. The molecule has 1 saturated heterocycles. The van der Waals surface area contributed by atoms with Crippen molar-refractivity contribution in [1.82, 2.24) is 0 Å². The minimum Gasteiger partial charge on any atom is -0.383 e. The van der Waals surface area contributed by atoms with E-state index in [1.807, 2.05) is 30.3 Å². The molecule has 1 aromatic carbocycles. The quantitative estimate of drug-likeness (QED) is 0.322. The summed E-state index contributed by atoms with van der Waals surface area (Å²) in [6.45, 7) is 20.6. The number of fused-ring (bicyclic) bond motifs is 1. The van der Waals surface area contributed by atoms with Gasteiger partial charge in [0.05, 0.1) is 6.10 Å². The van der Waals surface area contributed by atoms with Gasteiger partial charge in [0.25, 0.3) is 0 Å². The Morgan fingerprint density at radius 3 is 2.12 bits per heavy atom. The summed E-state index contributed by atoms with van der Waals surface area (Å²) in [5.41, 5.74) is 1.49. The molecule has 3 rings (SSSR count). The third kappa shape index (κ3) is 4.75. The normalized spacial score (nSPS) is 30.4. The third-order valence-electron chi connectivity index (χ3n) is 8.20. The van der Waals surface area contributed by atoms with Crippen LogP contribution in [0.3, 0.4) is 0 Å². The van der Waals surface area contributed by atoms with Gasteiger partial charge in [-0.3, -0.25) is 0 Å². The van der Waals surface area contributed by atoms with E-state index in [1.54, 1.807) is 11.8 Å². The van der Waals surface area contributed by atoms with Crippen molar-refractivity contribution < 1.29 is 14.3 Å². The van der Waals surface area contributed by atoms with Crippen LogP contribution in [0.5, 0.6) is 0 Å². The van der Waals surface area contributed by atoms with Crippen LogP contribution in [0.4, 0.5) is 0 Å². The monoisotopic (exact) mass is 478 g/mol. The Morgan fingerprint density at radius 2 is 1.59 bits per heavy atom. The predicted molar refractivity (Wildman–Crippen MR) is 139 cm³/mol. The van der Waals surface area contributed by atoms with E-state index in [2.05, 4.69) is 62.3 Å². The molecule has 0 unspecified atom stereocenters. The molecular weight excluding hydrogens is 432 g/mol. The Balaban J connectivity index is 2.08. The van der Waals surface area contributed by atoms with Gasteiger partial charge in [0.1, 0.15) is 0 Å². The SMILES string of the molecule is CC(C)[Si](O[C@@](O)(c1ccccc1)[C@@H]1O[C@@H]2C[C@H](C)CC[C@H]2C(C)(C)S1)(C(C)C)C(C)C. The van der Waals surface area contributed by atoms with E-state index in [0.717, 1.165) is 12.0 Å². The van der Waals surface area contributed by atoms with Gasteiger partial charge in [-0.05, 0) is 41.3 Å². The van der Waals surface area contributed by atoms with Gasteiger partial charge in [0.2, 0.25) is 14.1 Å². The molecule has 182 valence electrons. The molecule has 0 bridgehead atoms. The minimum atomic E-state index is -2.38. The summed E-state index contributed by atoms with van der Waals surface area (Å²) in [6, 6.07) is 10.0. The van der Waals surface area contributed by atoms with Crippen molar-refractivity contribution in [3.05, 3.63) is 35.9 Å². The molecule has 1 aliphatic carbocycles. The standard InChI is InChI=1S/C27H46O3SSi/c1-18(2)32(19(3)4,20(5)6)30-27(28,22-13-11-10-12-14-22)25-29-24-17-21(7)15-16-23(24)26(8,9)31-25/h10-14,18-21,23-25,28H,15-17H2,1-9H3/t21-,23-,24-,25-,27+/m1/s1. The van der Waals surface area contributed by atoms with Gasteiger partial charge in [-0.15, -0.1) is 11.8 Å². The summed E-state index contributed by atoms with van der Waals surface area (Å²) in [6.07, 6.45) is 3.71. The first-order valence-corrected chi connectivity index (χ1v) is 15.7. The highest BCUT2D eigenvalue weighted by molar-refractivity contribution is 8.01. The summed E-state index contributed by atoms with van der Waals surface area (Å²) >= 11 is 1.78. The first-order valence-electron chi connectivity index (χ1n) is 12.7. The molecule has 5 heteroatoms. The van der Waals surface area contributed by atoms with Gasteiger partial charge >= 0.3 is 0 Å². The zero-order valence-corrected chi connectivity index (χ0v) is 23.5. The Hall–Kier alpha value is -0.333. The molecule has 32 heavy (non-hydrogen) atoms. The van der Waals surface area contributed by atoms with Crippen molar-refractivity contribution in [2.24, 2.45) is 11.8 Å². The Morgan fingerprint density at radius 1 is 1.03 bits per heavy atom. The summed E-state index contributed by atoms with van der Waals surface area (Å²) < 4.78 is 14.0. The second-order valence-electron chi connectivity index (χ2n) is 11.7. The highest BCUT2D eigenvalue weighted by Gasteiger charge is 2.58. The molecule has 0 radical (unpaired) electrons. The summed E-state index contributed by atoms with van der Waals surface area (Å²) in [5.74, 6) is -0.292. The molecule has 5 atom stereocenters. The number of hydrogen-bond donors (Lipinski definition) is 1. The summed E-state index contributed by atoms with van der Waals surface area (Å²) in [5, 5.41) is 12.5. The summed E-state index contributed by atoms with van der Waals surface area (Å²) in [4.78, 5) is 0. The van der Waals surface area contributed by atoms with Crippen molar-refractivity contribution in [1.29, 1.82) is 0 Å². The highest BCUT2D eigenvalue weighted by atomic mass is 32.2. The van der Waals surface area contributed by atoms with Crippen LogP contribution in [-0.4, -0.2) is 29.7 Å². The molecule has 3 nitrogen and oxygen atoms in total. The van der Waals surface area contributed by atoms with E-state index in [0.29, 0.717) is 28.5 Å². The Bertz CT molecular complexity index is 729. The molecule has 1 aliphatic heterocycles. The van der Waals surface area contributed by atoms with Crippen LogP contribution in [0, 0.1) is 11.8 Å². The van der Waals surface area contributed by atoms with E-state index in [-0.39, 0.29) is 10.9 Å². The van der Waals surface area contributed by atoms with Crippen LogP contribution >= 0.6 is 11.8 Å². The molecule has 0 aromatic heterocycles. The number of thioether (sulfide) groups is 1. The molecule has 1 heterocycles. The van der Waals surface area contributed by atoms with Gasteiger partial charge < -0.3 is 14.3 Å². The van der Waals surface area contributed by atoms with E-state index >= 15 is 0 Å². The molecule has 1 aromatic rings. The maximum atomic E-state index is 12.5. The van der Waals surface area contributed by atoms with Crippen molar-refractivity contribution >= 4 is 20.1 Å². The first kappa shape index (κ1) is 26.3. The lowest BCUT2D eigenvalue weighted by Crippen LogP contribution is -2.60. The summed E-state index contributed by atoms with van der Waals surface area (Å²) in [7, 11) is -2.38. The Labute approximate surface area is 202 Å². The fourth-order valence-electron chi connectivity index (χ4n) is 6.54. The van der Waals surface area contributed by atoms with Crippen LogP contribution < -0.4 is 0 Å². The van der Waals surface area contributed by atoms with E-state index in [9.17, 15) is 5.11 Å². The third-order valence-corrected chi connectivity index (χ3v) is 15.8. The fourth-order valence-corrected chi connectivity index (χ4v) is 13.6. The number of aliphatic hydroxyl groups is 1. The molecule has 0 amide bonds. The van der Waals surface area contributed by atoms with Crippen molar-refractivity contribution in [2.45, 2.75) is 120 Å². The van der Waals surface area contributed by atoms with Crippen LogP contribution in [0.15, 0.2) is 30.3 Å². The van der Waals surface area contributed by atoms with Gasteiger partial charge in [0, 0.05) is 10.3 Å². The van der Waals surface area contributed by atoms with Crippen LogP contribution in [0.1, 0.15) is 87.1 Å². The second-order valence-corrected chi connectivity index (χ2v) is 18.8. The number of hydrogen-bond acceptors (Lipinski definition) is 4. The van der Waals surface area contributed by atoms with Gasteiger partial charge in [-0.25, -0.2) is 0 Å². The van der Waals surface area contributed by atoms with Crippen LogP contribution in [-0.2, 0) is 14.9 Å². The smallest absolute Gasteiger partial charge is 0.220 e. The largest absolute Gasteiger partial charge is 0.383 e. The van der Waals surface area contributed by atoms with Crippen molar-refractivity contribution in [3.8, 4) is 0 Å². The average molecular weight is 479 g/mol. The molecule has 1 N–H and O–H groups in total. The maximum Gasteiger partial charge on any atom is 0.220 e. The fraction of sp³-hybridized carbons (Fsp3) is 0.778. The van der Waals surface area contributed by atoms with Gasteiger partial charge in [-0.1, -0.05) is 99.1 Å². The molecular formula is C27H46O3SSi. The maximum absolute atomic E-state index is 12.5. The van der Waals surface area contributed by atoms with Crippen molar-refractivity contribution in [2.75, 3.05) is 0 Å². The van der Waals surface area contributed by atoms with E-state index in [4.69, 9.17) is 9.16 Å². The number of ether oxygens (including phenoxy) is 1. The predicted octanol–water partition coefficient (Wildman–Crippen LogP) is 7.70. The molecule has 1 saturated carbocycles. The lowest BCUT2D eigenvalue weighted by Gasteiger charge is -2.55. The lowest BCUT2D eigenvalue weighted by molar-refractivity contribution is -0.233.